The molecule has 0 saturated heterocycles. The Morgan fingerprint density at radius 2 is 1.95 bits per heavy atom. The number of aromatic amines is 1. The number of fused-ring (bicyclic) bond motifs is 1. The number of amides is 1. The van der Waals surface area contributed by atoms with Crippen LogP contribution in [0.25, 0.3) is 11.0 Å². The standard InChI is InChI=1S/C14H12N4O2/c1-8-2-4-11(13(19)6-8)15-14(20)9-3-5-10-12(7-9)17-18-16-10/h2-7,19H,1H3,(H,15,20)(H,16,17,18). The second-order valence-corrected chi connectivity index (χ2v) is 4.50. The van der Waals surface area contributed by atoms with E-state index < -0.39 is 0 Å². The monoisotopic (exact) mass is 268 g/mol. The van der Waals surface area contributed by atoms with Crippen molar-refractivity contribution in [2.75, 3.05) is 5.32 Å². The molecule has 0 spiro atoms. The summed E-state index contributed by atoms with van der Waals surface area (Å²) in [6, 6.07) is 10.1. The number of H-pyrrole nitrogens is 1. The molecule has 1 amide bonds. The van der Waals surface area contributed by atoms with E-state index in [1.165, 1.54) is 0 Å². The highest BCUT2D eigenvalue weighted by Gasteiger charge is 2.10. The lowest BCUT2D eigenvalue weighted by Crippen LogP contribution is -2.11. The van der Waals surface area contributed by atoms with E-state index in [0.717, 1.165) is 5.56 Å². The zero-order valence-corrected chi connectivity index (χ0v) is 10.7. The van der Waals surface area contributed by atoms with Crippen LogP contribution in [-0.2, 0) is 0 Å². The van der Waals surface area contributed by atoms with Crippen molar-refractivity contribution in [3.8, 4) is 5.75 Å². The molecule has 0 radical (unpaired) electrons. The molecule has 20 heavy (non-hydrogen) atoms. The molecule has 0 bridgehead atoms. The summed E-state index contributed by atoms with van der Waals surface area (Å²) in [5.41, 5.74) is 3.06. The average Bonchev–Trinajstić information content (AvgIpc) is 2.89. The summed E-state index contributed by atoms with van der Waals surface area (Å²) in [5.74, 6) is -0.269. The SMILES string of the molecule is Cc1ccc(NC(=O)c2ccc3n[nH]nc3c2)c(O)c1. The van der Waals surface area contributed by atoms with Gasteiger partial charge in [-0.05, 0) is 42.8 Å². The van der Waals surface area contributed by atoms with Crippen LogP contribution in [0.1, 0.15) is 15.9 Å². The van der Waals surface area contributed by atoms with E-state index in [0.29, 0.717) is 22.3 Å². The van der Waals surface area contributed by atoms with Crippen LogP contribution < -0.4 is 5.32 Å². The predicted octanol–water partition coefficient (Wildman–Crippen LogP) is 2.22. The van der Waals surface area contributed by atoms with Crippen LogP contribution in [0, 0.1) is 6.92 Å². The van der Waals surface area contributed by atoms with Gasteiger partial charge in [0.05, 0.1) is 5.69 Å². The van der Waals surface area contributed by atoms with Crippen LogP contribution >= 0.6 is 0 Å². The van der Waals surface area contributed by atoms with E-state index in [1.807, 2.05) is 13.0 Å². The number of nitrogens with one attached hydrogen (secondary N) is 2. The molecule has 3 aromatic rings. The fraction of sp³-hybridized carbons (Fsp3) is 0.0714. The number of hydrogen-bond acceptors (Lipinski definition) is 4. The first kappa shape index (κ1) is 12.2. The van der Waals surface area contributed by atoms with Crippen molar-refractivity contribution in [3.63, 3.8) is 0 Å². The summed E-state index contributed by atoms with van der Waals surface area (Å²) in [6.07, 6.45) is 0. The van der Waals surface area contributed by atoms with Gasteiger partial charge in [0.25, 0.3) is 5.91 Å². The topological polar surface area (TPSA) is 90.9 Å². The number of phenols is 1. The van der Waals surface area contributed by atoms with Crippen LogP contribution in [0.4, 0.5) is 5.69 Å². The first-order valence-electron chi connectivity index (χ1n) is 6.05. The smallest absolute Gasteiger partial charge is 0.255 e. The largest absolute Gasteiger partial charge is 0.506 e. The zero-order chi connectivity index (χ0) is 14.1. The summed E-state index contributed by atoms with van der Waals surface area (Å²) >= 11 is 0. The number of nitrogens with zero attached hydrogens (tertiary/aromatic N) is 2. The molecule has 0 aliphatic carbocycles. The van der Waals surface area contributed by atoms with Crippen LogP contribution in [0.2, 0.25) is 0 Å². The highest BCUT2D eigenvalue weighted by Crippen LogP contribution is 2.24. The number of aromatic nitrogens is 3. The number of rotatable bonds is 2. The Labute approximate surface area is 114 Å². The van der Waals surface area contributed by atoms with E-state index in [2.05, 4.69) is 20.7 Å². The van der Waals surface area contributed by atoms with Crippen molar-refractivity contribution in [1.82, 2.24) is 15.4 Å². The maximum atomic E-state index is 12.1. The lowest BCUT2D eigenvalue weighted by Gasteiger charge is -2.07. The molecule has 1 heterocycles. The average molecular weight is 268 g/mol. The number of phenolic OH excluding ortho intramolecular Hbond substituents is 1. The predicted molar refractivity (Wildman–Crippen MR) is 74.7 cm³/mol. The Morgan fingerprint density at radius 1 is 1.15 bits per heavy atom. The van der Waals surface area contributed by atoms with Crippen molar-refractivity contribution in [3.05, 3.63) is 47.5 Å². The van der Waals surface area contributed by atoms with E-state index in [9.17, 15) is 9.90 Å². The van der Waals surface area contributed by atoms with Gasteiger partial charge in [0.15, 0.2) is 0 Å². The van der Waals surface area contributed by atoms with Gasteiger partial charge in [-0.2, -0.15) is 15.4 Å². The molecule has 0 fully saturated rings. The molecule has 0 atom stereocenters. The number of benzene rings is 2. The fourth-order valence-electron chi connectivity index (χ4n) is 1.92. The first-order chi connectivity index (χ1) is 9.63. The van der Waals surface area contributed by atoms with Crippen LogP contribution in [0.3, 0.4) is 0 Å². The Bertz CT molecular complexity index is 795. The van der Waals surface area contributed by atoms with Gasteiger partial charge >= 0.3 is 0 Å². The van der Waals surface area contributed by atoms with Gasteiger partial charge in [-0.3, -0.25) is 4.79 Å². The molecule has 6 heteroatoms. The van der Waals surface area contributed by atoms with Crippen LogP contribution in [0.5, 0.6) is 5.75 Å². The fourth-order valence-corrected chi connectivity index (χ4v) is 1.92. The molecule has 0 aliphatic rings. The highest BCUT2D eigenvalue weighted by molar-refractivity contribution is 6.06. The van der Waals surface area contributed by atoms with Crippen molar-refractivity contribution in [1.29, 1.82) is 0 Å². The third-order valence-corrected chi connectivity index (χ3v) is 2.98. The first-order valence-corrected chi connectivity index (χ1v) is 6.05. The Kier molecular flexibility index (Phi) is 2.83. The van der Waals surface area contributed by atoms with Crippen molar-refractivity contribution < 1.29 is 9.90 Å². The van der Waals surface area contributed by atoms with Gasteiger partial charge in [-0.15, -0.1) is 0 Å². The Morgan fingerprint density at radius 3 is 2.75 bits per heavy atom. The number of aromatic hydroxyl groups is 1. The second kappa shape index (κ2) is 4.65. The van der Waals surface area contributed by atoms with Crippen molar-refractivity contribution in [2.24, 2.45) is 0 Å². The molecule has 0 aliphatic heterocycles. The van der Waals surface area contributed by atoms with Gasteiger partial charge in [-0.25, -0.2) is 0 Å². The minimum atomic E-state index is -0.311. The van der Waals surface area contributed by atoms with Gasteiger partial charge in [0, 0.05) is 5.56 Å². The summed E-state index contributed by atoms with van der Waals surface area (Å²) in [7, 11) is 0. The Hall–Kier alpha value is -2.89. The third kappa shape index (κ3) is 2.18. The van der Waals surface area contributed by atoms with Gasteiger partial charge < -0.3 is 10.4 Å². The summed E-state index contributed by atoms with van der Waals surface area (Å²) < 4.78 is 0. The maximum Gasteiger partial charge on any atom is 0.255 e. The van der Waals surface area contributed by atoms with Gasteiger partial charge in [0.1, 0.15) is 16.8 Å². The van der Waals surface area contributed by atoms with Crippen molar-refractivity contribution >= 4 is 22.6 Å². The van der Waals surface area contributed by atoms with Crippen LogP contribution in [-0.4, -0.2) is 26.4 Å². The van der Waals surface area contributed by atoms with E-state index >= 15 is 0 Å². The maximum absolute atomic E-state index is 12.1. The minimum Gasteiger partial charge on any atom is -0.506 e. The summed E-state index contributed by atoms with van der Waals surface area (Å²) in [5, 5.41) is 22.8. The molecular weight excluding hydrogens is 256 g/mol. The molecular formula is C14H12N4O2. The number of hydrogen-bond donors (Lipinski definition) is 3. The van der Waals surface area contributed by atoms with Crippen molar-refractivity contribution in [2.45, 2.75) is 6.92 Å². The molecule has 3 rings (SSSR count). The molecule has 100 valence electrons. The molecule has 3 N–H and O–H groups in total. The normalized spacial score (nSPS) is 10.7. The second-order valence-electron chi connectivity index (χ2n) is 4.50. The number of carbonyl (C=O) groups is 1. The Balaban J connectivity index is 1.88. The van der Waals surface area contributed by atoms with Gasteiger partial charge in [-0.1, -0.05) is 6.07 Å². The molecule has 0 unspecified atom stereocenters. The van der Waals surface area contributed by atoms with E-state index in [-0.39, 0.29) is 11.7 Å². The number of aryl methyl sites for hydroxylation is 1. The van der Waals surface area contributed by atoms with Crippen LogP contribution in [0.15, 0.2) is 36.4 Å². The molecule has 6 nitrogen and oxygen atoms in total. The number of carbonyl (C=O) groups excluding carboxylic acids is 1. The highest BCUT2D eigenvalue weighted by atomic mass is 16.3. The molecule has 2 aromatic carbocycles. The number of anilines is 1. The lowest BCUT2D eigenvalue weighted by molar-refractivity contribution is 0.102. The molecule has 0 saturated carbocycles. The summed E-state index contributed by atoms with van der Waals surface area (Å²) in [4.78, 5) is 12.1. The third-order valence-electron chi connectivity index (χ3n) is 2.98. The van der Waals surface area contributed by atoms with E-state index in [1.54, 1.807) is 30.3 Å². The quantitative estimate of drug-likeness (QED) is 0.621. The molecule has 1 aromatic heterocycles. The minimum absolute atomic E-state index is 0.0425. The van der Waals surface area contributed by atoms with E-state index in [4.69, 9.17) is 0 Å². The summed E-state index contributed by atoms with van der Waals surface area (Å²) in [6.45, 7) is 1.86. The zero-order valence-electron chi connectivity index (χ0n) is 10.7. The lowest BCUT2D eigenvalue weighted by atomic mass is 10.1. The van der Waals surface area contributed by atoms with Gasteiger partial charge in [0.2, 0.25) is 0 Å².